The average molecular weight is 411 g/mol. The molecule has 0 aliphatic carbocycles. The molecule has 6 heteroatoms. The number of aryl methyl sites for hydroxylation is 1. The number of ether oxygens (including phenoxy) is 4. The first-order chi connectivity index (χ1) is 14.3. The summed E-state index contributed by atoms with van der Waals surface area (Å²) >= 11 is 0. The van der Waals surface area contributed by atoms with Crippen LogP contribution < -0.4 is 24.3 Å². The van der Waals surface area contributed by atoms with Crippen molar-refractivity contribution in [3.63, 3.8) is 0 Å². The smallest absolute Gasteiger partial charge is 0.244 e. The van der Waals surface area contributed by atoms with E-state index in [1.807, 2.05) is 45.0 Å². The van der Waals surface area contributed by atoms with E-state index in [0.717, 1.165) is 16.9 Å². The fourth-order valence-electron chi connectivity index (χ4n) is 3.73. The van der Waals surface area contributed by atoms with Crippen LogP contribution >= 0.6 is 0 Å². The minimum atomic E-state index is -0.366. The topological polar surface area (TPSA) is 66.0 Å². The highest BCUT2D eigenvalue weighted by atomic mass is 16.5. The van der Waals surface area contributed by atoms with Gasteiger partial charge in [-0.25, -0.2) is 0 Å². The van der Waals surface area contributed by atoms with Gasteiger partial charge in [0, 0.05) is 23.6 Å². The van der Waals surface area contributed by atoms with Gasteiger partial charge in [-0.2, -0.15) is 0 Å². The lowest BCUT2D eigenvalue weighted by Crippen LogP contribution is -2.40. The lowest BCUT2D eigenvalue weighted by Gasteiger charge is -2.38. The first kappa shape index (κ1) is 21.6. The number of carbonyl (C=O) groups excluding carboxylic acids is 1. The summed E-state index contributed by atoms with van der Waals surface area (Å²) in [6.45, 7) is 6.08. The Morgan fingerprint density at radius 3 is 2.50 bits per heavy atom. The fraction of sp³-hybridized carbons (Fsp3) is 0.375. The van der Waals surface area contributed by atoms with Gasteiger partial charge in [-0.3, -0.25) is 4.79 Å². The number of amides is 1. The highest BCUT2D eigenvalue weighted by molar-refractivity contribution is 5.92. The molecule has 1 atom stereocenters. The lowest BCUT2D eigenvalue weighted by atomic mass is 9.89. The number of benzene rings is 2. The maximum absolute atomic E-state index is 12.7. The third-order valence-corrected chi connectivity index (χ3v) is 5.09. The minimum Gasteiger partial charge on any atom is -0.493 e. The number of fused-ring (bicyclic) bond motifs is 1. The predicted molar refractivity (Wildman–Crippen MR) is 117 cm³/mol. The minimum absolute atomic E-state index is 0.131. The number of nitrogens with one attached hydrogen (secondary N) is 1. The summed E-state index contributed by atoms with van der Waals surface area (Å²) in [5.41, 5.74) is 2.46. The third-order valence-electron chi connectivity index (χ3n) is 5.09. The Hall–Kier alpha value is -3.15. The first-order valence-electron chi connectivity index (χ1n) is 9.85. The Morgan fingerprint density at radius 2 is 1.83 bits per heavy atom. The van der Waals surface area contributed by atoms with Crippen molar-refractivity contribution in [2.45, 2.75) is 38.8 Å². The Kier molecular flexibility index (Phi) is 6.25. The van der Waals surface area contributed by atoms with Gasteiger partial charge < -0.3 is 24.3 Å². The molecule has 0 saturated carbocycles. The summed E-state index contributed by atoms with van der Waals surface area (Å²) in [6.07, 6.45) is 3.89. The van der Waals surface area contributed by atoms with Crippen LogP contribution in [0.15, 0.2) is 36.4 Å². The molecule has 1 aliphatic rings. The van der Waals surface area contributed by atoms with Crippen molar-refractivity contribution in [3.8, 4) is 23.0 Å². The van der Waals surface area contributed by atoms with Crippen LogP contribution in [0.25, 0.3) is 6.08 Å². The van der Waals surface area contributed by atoms with Crippen molar-refractivity contribution >= 4 is 12.0 Å². The van der Waals surface area contributed by atoms with E-state index in [2.05, 4.69) is 5.32 Å². The zero-order chi connectivity index (χ0) is 21.9. The zero-order valence-electron chi connectivity index (χ0n) is 18.4. The molecular formula is C24H29NO5. The van der Waals surface area contributed by atoms with Gasteiger partial charge in [-0.15, -0.1) is 0 Å². The van der Waals surface area contributed by atoms with Crippen LogP contribution in [0, 0.1) is 6.92 Å². The van der Waals surface area contributed by atoms with Crippen molar-refractivity contribution in [2.75, 3.05) is 21.3 Å². The van der Waals surface area contributed by atoms with Gasteiger partial charge in [0.2, 0.25) is 11.7 Å². The summed E-state index contributed by atoms with van der Waals surface area (Å²) in [4.78, 5) is 12.7. The normalized spacial score (nSPS) is 17.1. The Balaban J connectivity index is 1.82. The summed E-state index contributed by atoms with van der Waals surface area (Å²) < 4.78 is 22.3. The van der Waals surface area contributed by atoms with Gasteiger partial charge >= 0.3 is 0 Å². The van der Waals surface area contributed by atoms with Gasteiger partial charge in [0.1, 0.15) is 11.4 Å². The van der Waals surface area contributed by atoms with E-state index in [9.17, 15) is 4.79 Å². The maximum Gasteiger partial charge on any atom is 0.244 e. The molecule has 0 unspecified atom stereocenters. The van der Waals surface area contributed by atoms with Crippen molar-refractivity contribution in [1.29, 1.82) is 0 Å². The largest absolute Gasteiger partial charge is 0.493 e. The second kappa shape index (κ2) is 8.69. The van der Waals surface area contributed by atoms with Crippen LogP contribution in [0.4, 0.5) is 0 Å². The second-order valence-electron chi connectivity index (χ2n) is 7.93. The Bertz CT molecular complexity index is 964. The summed E-state index contributed by atoms with van der Waals surface area (Å²) in [5, 5.41) is 3.11. The SMILES string of the molecule is COc1ccc(/C=C/C(=O)N[C@H]2CC(C)(C)Oc3cc(C)ccc32)c(OC)c1OC. The molecule has 30 heavy (non-hydrogen) atoms. The first-order valence-corrected chi connectivity index (χ1v) is 9.85. The van der Waals surface area contributed by atoms with E-state index in [-0.39, 0.29) is 17.6 Å². The Labute approximate surface area is 177 Å². The summed E-state index contributed by atoms with van der Waals surface area (Å²) in [6, 6.07) is 9.53. The van der Waals surface area contributed by atoms with Crippen LogP contribution in [0.2, 0.25) is 0 Å². The molecule has 1 N–H and O–H groups in total. The molecule has 2 aromatic rings. The molecular weight excluding hydrogens is 382 g/mol. The van der Waals surface area contributed by atoms with E-state index in [1.165, 1.54) is 6.08 Å². The molecule has 1 amide bonds. The van der Waals surface area contributed by atoms with E-state index >= 15 is 0 Å². The van der Waals surface area contributed by atoms with Gasteiger partial charge in [0.15, 0.2) is 11.5 Å². The lowest BCUT2D eigenvalue weighted by molar-refractivity contribution is -0.117. The van der Waals surface area contributed by atoms with Gasteiger partial charge in [-0.05, 0) is 50.6 Å². The molecule has 0 aromatic heterocycles. The molecule has 0 radical (unpaired) electrons. The molecule has 2 aromatic carbocycles. The molecule has 1 heterocycles. The monoisotopic (exact) mass is 411 g/mol. The van der Waals surface area contributed by atoms with Crippen molar-refractivity contribution in [3.05, 3.63) is 53.1 Å². The highest BCUT2D eigenvalue weighted by Crippen LogP contribution is 2.41. The van der Waals surface area contributed by atoms with Crippen molar-refractivity contribution in [1.82, 2.24) is 5.32 Å². The summed E-state index contributed by atoms with van der Waals surface area (Å²) in [7, 11) is 4.67. The van der Waals surface area contributed by atoms with Crippen molar-refractivity contribution in [2.24, 2.45) is 0 Å². The Morgan fingerprint density at radius 1 is 1.10 bits per heavy atom. The molecule has 160 valence electrons. The molecule has 1 aliphatic heterocycles. The van der Waals surface area contributed by atoms with E-state index in [1.54, 1.807) is 33.5 Å². The quantitative estimate of drug-likeness (QED) is 0.712. The molecule has 0 spiro atoms. The van der Waals surface area contributed by atoms with E-state index in [4.69, 9.17) is 18.9 Å². The highest BCUT2D eigenvalue weighted by Gasteiger charge is 2.34. The molecule has 0 saturated heterocycles. The standard InChI is InChI=1S/C24H29NO5/c1-15-7-10-17-18(14-24(2,3)30-20(17)13-15)25-21(26)12-9-16-8-11-19(27-4)23(29-6)22(16)28-5/h7-13,18H,14H2,1-6H3,(H,25,26)/b12-9+/t18-/m0/s1. The summed E-state index contributed by atoms with van der Waals surface area (Å²) in [5.74, 6) is 2.18. The van der Waals surface area contributed by atoms with Crippen LogP contribution in [-0.4, -0.2) is 32.8 Å². The van der Waals surface area contributed by atoms with Crippen molar-refractivity contribution < 1.29 is 23.7 Å². The number of hydrogen-bond acceptors (Lipinski definition) is 5. The molecule has 0 fully saturated rings. The molecule has 3 rings (SSSR count). The second-order valence-corrected chi connectivity index (χ2v) is 7.93. The third kappa shape index (κ3) is 4.53. The van der Waals surface area contributed by atoms with Crippen LogP contribution in [0.5, 0.6) is 23.0 Å². The number of carbonyl (C=O) groups is 1. The zero-order valence-corrected chi connectivity index (χ0v) is 18.4. The predicted octanol–water partition coefficient (Wildman–Crippen LogP) is 4.45. The number of methoxy groups -OCH3 is 3. The average Bonchev–Trinajstić information content (AvgIpc) is 2.70. The fourth-order valence-corrected chi connectivity index (χ4v) is 3.73. The molecule has 6 nitrogen and oxygen atoms in total. The van der Waals surface area contributed by atoms with E-state index in [0.29, 0.717) is 29.2 Å². The van der Waals surface area contributed by atoms with Crippen LogP contribution in [0.3, 0.4) is 0 Å². The van der Waals surface area contributed by atoms with Crippen LogP contribution in [0.1, 0.15) is 43.0 Å². The van der Waals surface area contributed by atoms with Gasteiger partial charge in [-0.1, -0.05) is 12.1 Å². The number of rotatable bonds is 6. The van der Waals surface area contributed by atoms with Gasteiger partial charge in [0.05, 0.1) is 27.4 Å². The van der Waals surface area contributed by atoms with Crippen LogP contribution in [-0.2, 0) is 4.79 Å². The van der Waals surface area contributed by atoms with E-state index < -0.39 is 0 Å². The maximum atomic E-state index is 12.7. The van der Waals surface area contributed by atoms with Gasteiger partial charge in [0.25, 0.3) is 0 Å². The molecule has 0 bridgehead atoms. The number of hydrogen-bond donors (Lipinski definition) is 1.